The maximum absolute atomic E-state index is 14.1. The molecular weight excluding hydrogens is 534 g/mol. The van der Waals surface area contributed by atoms with Crippen LogP contribution in [0, 0.1) is 6.92 Å². The summed E-state index contributed by atoms with van der Waals surface area (Å²) < 4.78 is 13.1. The van der Waals surface area contributed by atoms with Crippen molar-refractivity contribution in [1.82, 2.24) is 4.57 Å². The fourth-order valence-corrected chi connectivity index (χ4v) is 6.11. The van der Waals surface area contributed by atoms with E-state index in [-0.39, 0.29) is 17.4 Å². The molecule has 41 heavy (non-hydrogen) atoms. The average Bonchev–Trinajstić information content (AvgIpc) is 3.27. The van der Waals surface area contributed by atoms with E-state index in [1.165, 1.54) is 11.3 Å². The van der Waals surface area contributed by atoms with Crippen LogP contribution in [0.15, 0.2) is 87.8 Å². The molecule has 7 nitrogen and oxygen atoms in total. The molecule has 1 aromatic heterocycles. The van der Waals surface area contributed by atoms with E-state index >= 15 is 0 Å². The van der Waals surface area contributed by atoms with Gasteiger partial charge in [-0.25, -0.2) is 4.99 Å². The van der Waals surface area contributed by atoms with Gasteiger partial charge >= 0.3 is 0 Å². The lowest BCUT2D eigenvalue weighted by atomic mass is 9.95. The smallest absolute Gasteiger partial charge is 0.271 e. The van der Waals surface area contributed by atoms with E-state index in [2.05, 4.69) is 25.2 Å². The van der Waals surface area contributed by atoms with Crippen LogP contribution >= 0.6 is 11.3 Å². The number of nitrogens with zero attached hydrogens (tertiary/aromatic N) is 2. The van der Waals surface area contributed by atoms with Crippen LogP contribution in [0.25, 0.3) is 6.08 Å². The van der Waals surface area contributed by atoms with Crippen molar-refractivity contribution in [2.75, 3.05) is 19.5 Å². The van der Waals surface area contributed by atoms with Crippen LogP contribution in [-0.2, 0) is 4.79 Å². The minimum absolute atomic E-state index is 0.201. The van der Waals surface area contributed by atoms with E-state index in [4.69, 9.17) is 14.5 Å². The number of amides is 1. The Labute approximate surface area is 243 Å². The quantitative estimate of drug-likeness (QED) is 0.328. The average molecular weight is 568 g/mol. The highest BCUT2D eigenvalue weighted by Gasteiger charge is 2.32. The molecule has 0 fully saturated rings. The van der Waals surface area contributed by atoms with Gasteiger partial charge in [0.05, 0.1) is 36.1 Å². The Bertz CT molecular complexity index is 1820. The minimum Gasteiger partial charge on any atom is -0.497 e. The lowest BCUT2D eigenvalue weighted by Gasteiger charge is -2.25. The van der Waals surface area contributed by atoms with Gasteiger partial charge in [-0.3, -0.25) is 14.2 Å². The maximum atomic E-state index is 14.1. The SMILES string of the molecule is COc1ccc([C@H]2C(C(=O)Nc3ccccc3)=C(C)N=c3s/c(=C/c4cc(C(C)C)c(OC)cc4C)c(=O)n32)cc1. The number of ether oxygens (including phenoxy) is 2. The normalized spacial score (nSPS) is 15.0. The van der Waals surface area contributed by atoms with Crippen molar-refractivity contribution in [3.05, 3.63) is 120 Å². The summed E-state index contributed by atoms with van der Waals surface area (Å²) in [6.07, 6.45) is 1.92. The summed E-state index contributed by atoms with van der Waals surface area (Å²) in [5, 5.41) is 2.98. The molecule has 0 aliphatic carbocycles. The molecule has 4 aromatic rings. The van der Waals surface area contributed by atoms with Crippen molar-refractivity contribution in [1.29, 1.82) is 0 Å². The van der Waals surface area contributed by atoms with E-state index in [1.807, 2.05) is 80.6 Å². The van der Waals surface area contributed by atoms with Crippen LogP contribution in [0.1, 0.15) is 55.0 Å². The molecule has 1 atom stereocenters. The van der Waals surface area contributed by atoms with Gasteiger partial charge in [0.25, 0.3) is 11.5 Å². The molecule has 0 saturated carbocycles. The molecule has 8 heteroatoms. The summed E-state index contributed by atoms with van der Waals surface area (Å²) in [6, 6.07) is 20.1. The third kappa shape index (κ3) is 5.47. The monoisotopic (exact) mass is 567 g/mol. The first-order chi connectivity index (χ1) is 19.7. The second kappa shape index (κ2) is 11.6. The Balaban J connectivity index is 1.68. The fraction of sp³-hybridized carbons (Fsp3) is 0.242. The van der Waals surface area contributed by atoms with Gasteiger partial charge in [0, 0.05) is 5.69 Å². The molecule has 0 unspecified atom stereocenters. The van der Waals surface area contributed by atoms with Gasteiger partial charge in [-0.2, -0.15) is 0 Å². The maximum Gasteiger partial charge on any atom is 0.271 e. The number of carbonyl (C=O) groups excluding carboxylic acids is 1. The number of fused-ring (bicyclic) bond motifs is 1. The summed E-state index contributed by atoms with van der Waals surface area (Å²) in [7, 11) is 3.28. The third-order valence-electron chi connectivity index (χ3n) is 7.26. The number of thiazole rings is 1. The summed E-state index contributed by atoms with van der Waals surface area (Å²) >= 11 is 1.32. The first kappa shape index (κ1) is 28.1. The van der Waals surface area contributed by atoms with Crippen molar-refractivity contribution < 1.29 is 14.3 Å². The Morgan fingerprint density at radius 1 is 1.02 bits per heavy atom. The summed E-state index contributed by atoms with van der Waals surface area (Å²) in [5.74, 6) is 1.47. The molecule has 0 bridgehead atoms. The van der Waals surface area contributed by atoms with Gasteiger partial charge in [-0.1, -0.05) is 55.5 Å². The molecule has 0 radical (unpaired) electrons. The highest BCUT2D eigenvalue weighted by molar-refractivity contribution is 7.07. The largest absolute Gasteiger partial charge is 0.497 e. The number of benzene rings is 3. The number of carbonyl (C=O) groups is 1. The van der Waals surface area contributed by atoms with E-state index in [0.29, 0.717) is 32.0 Å². The van der Waals surface area contributed by atoms with E-state index < -0.39 is 6.04 Å². The molecule has 1 aliphatic rings. The van der Waals surface area contributed by atoms with E-state index in [0.717, 1.165) is 28.0 Å². The van der Waals surface area contributed by atoms with Crippen LogP contribution in [0.5, 0.6) is 11.5 Å². The van der Waals surface area contributed by atoms with Crippen LogP contribution < -0.4 is 29.7 Å². The Kier molecular flexibility index (Phi) is 7.94. The zero-order valence-corrected chi connectivity index (χ0v) is 24.8. The number of rotatable bonds is 7. The van der Waals surface area contributed by atoms with Gasteiger partial charge in [0.15, 0.2) is 4.80 Å². The van der Waals surface area contributed by atoms with Gasteiger partial charge < -0.3 is 14.8 Å². The highest BCUT2D eigenvalue weighted by Crippen LogP contribution is 2.32. The predicted molar refractivity (Wildman–Crippen MR) is 164 cm³/mol. The number of hydrogen-bond donors (Lipinski definition) is 1. The van der Waals surface area contributed by atoms with Gasteiger partial charge in [-0.05, 0) is 84.5 Å². The first-order valence-corrected chi connectivity index (χ1v) is 14.2. The number of para-hydroxylation sites is 1. The molecule has 210 valence electrons. The second-order valence-electron chi connectivity index (χ2n) is 10.3. The fourth-order valence-electron chi connectivity index (χ4n) is 5.07. The van der Waals surface area contributed by atoms with E-state index in [9.17, 15) is 9.59 Å². The molecule has 1 amide bonds. The van der Waals surface area contributed by atoms with Crippen molar-refractivity contribution in [3.8, 4) is 11.5 Å². The number of methoxy groups -OCH3 is 2. The molecule has 0 spiro atoms. The number of allylic oxidation sites excluding steroid dienone is 1. The summed E-state index contributed by atoms with van der Waals surface area (Å²) in [6.45, 7) is 8.05. The number of nitrogens with one attached hydrogen (secondary N) is 1. The minimum atomic E-state index is -0.661. The topological polar surface area (TPSA) is 81.9 Å². The molecule has 2 heterocycles. The standard InChI is InChI=1S/C33H33N3O4S/c1-19(2)26-17-23(20(3)16-27(26)40-6)18-28-32(38)36-30(22-12-14-25(39-5)15-13-22)29(21(4)34-33(36)41-28)31(37)35-24-10-8-7-9-11-24/h7-19,30H,1-6H3,(H,35,37)/b28-18+/t30-/m0/s1. The first-order valence-electron chi connectivity index (χ1n) is 13.4. The molecule has 1 N–H and O–H groups in total. The van der Waals surface area contributed by atoms with Crippen molar-refractivity contribution in [3.63, 3.8) is 0 Å². The van der Waals surface area contributed by atoms with Crippen LogP contribution in [0.3, 0.4) is 0 Å². The van der Waals surface area contributed by atoms with Gasteiger partial charge in [-0.15, -0.1) is 0 Å². The van der Waals surface area contributed by atoms with Crippen molar-refractivity contribution in [2.45, 2.75) is 39.7 Å². The van der Waals surface area contributed by atoms with Crippen molar-refractivity contribution in [2.24, 2.45) is 4.99 Å². The molecule has 5 rings (SSSR count). The number of aryl methyl sites for hydroxylation is 1. The Morgan fingerprint density at radius 3 is 2.37 bits per heavy atom. The predicted octanol–water partition coefficient (Wildman–Crippen LogP) is 5.32. The summed E-state index contributed by atoms with van der Waals surface area (Å²) in [4.78, 5) is 33.1. The molecule has 3 aromatic carbocycles. The van der Waals surface area contributed by atoms with Gasteiger partial charge in [0.2, 0.25) is 0 Å². The summed E-state index contributed by atoms with van der Waals surface area (Å²) in [5.41, 5.74) is 5.25. The van der Waals surface area contributed by atoms with Crippen molar-refractivity contribution >= 4 is 29.0 Å². The molecule has 1 aliphatic heterocycles. The molecule has 0 saturated heterocycles. The number of hydrogen-bond acceptors (Lipinski definition) is 6. The zero-order valence-electron chi connectivity index (χ0n) is 24.0. The van der Waals surface area contributed by atoms with Gasteiger partial charge in [0.1, 0.15) is 11.5 Å². The van der Waals surface area contributed by atoms with E-state index in [1.54, 1.807) is 18.8 Å². The Morgan fingerprint density at radius 2 is 1.73 bits per heavy atom. The second-order valence-corrected chi connectivity index (χ2v) is 11.3. The van der Waals surface area contributed by atoms with Crippen LogP contribution in [-0.4, -0.2) is 24.7 Å². The lowest BCUT2D eigenvalue weighted by molar-refractivity contribution is -0.113. The molecular formula is C33H33N3O4S. The number of aromatic nitrogens is 1. The third-order valence-corrected chi connectivity index (χ3v) is 8.24. The lowest BCUT2D eigenvalue weighted by Crippen LogP contribution is -2.40. The number of anilines is 1. The Hall–Kier alpha value is -4.43. The van der Waals surface area contributed by atoms with Crippen LogP contribution in [0.4, 0.5) is 5.69 Å². The highest BCUT2D eigenvalue weighted by atomic mass is 32.1. The van der Waals surface area contributed by atoms with Crippen LogP contribution in [0.2, 0.25) is 0 Å². The zero-order chi connectivity index (χ0) is 29.3.